The van der Waals surface area contributed by atoms with Crippen molar-refractivity contribution >= 4 is 11.3 Å². The standard InChI is InChI=1S/C13H22N2S/c1-3-13-15-12(9-16-13)8-14-7-11-6-4-5-10(11)2/h9-11,14H,3-8H2,1-2H3. The van der Waals surface area contributed by atoms with Gasteiger partial charge in [0.05, 0.1) is 10.7 Å². The Balaban J connectivity index is 1.71. The molecular formula is C13H22N2S. The van der Waals surface area contributed by atoms with Crippen LogP contribution in [0.2, 0.25) is 0 Å². The number of nitrogens with zero attached hydrogens (tertiary/aromatic N) is 1. The minimum atomic E-state index is 0.893. The third-order valence-corrected chi connectivity index (χ3v) is 4.70. The molecule has 1 aliphatic carbocycles. The molecule has 2 nitrogen and oxygen atoms in total. The number of hydrogen-bond donors (Lipinski definition) is 1. The molecule has 0 spiro atoms. The molecule has 2 rings (SSSR count). The third-order valence-electron chi connectivity index (χ3n) is 3.65. The van der Waals surface area contributed by atoms with Crippen LogP contribution >= 0.6 is 11.3 Å². The van der Waals surface area contributed by atoms with Gasteiger partial charge in [0, 0.05) is 11.9 Å². The highest BCUT2D eigenvalue weighted by atomic mass is 32.1. The van der Waals surface area contributed by atoms with Crippen LogP contribution in [-0.4, -0.2) is 11.5 Å². The smallest absolute Gasteiger partial charge is 0.0926 e. The topological polar surface area (TPSA) is 24.9 Å². The Morgan fingerprint density at radius 2 is 2.38 bits per heavy atom. The van der Waals surface area contributed by atoms with Gasteiger partial charge in [-0.3, -0.25) is 0 Å². The Labute approximate surface area is 102 Å². The van der Waals surface area contributed by atoms with Crippen molar-refractivity contribution in [3.8, 4) is 0 Å². The van der Waals surface area contributed by atoms with Crippen LogP contribution in [0.25, 0.3) is 0 Å². The second kappa shape index (κ2) is 5.78. The van der Waals surface area contributed by atoms with Gasteiger partial charge in [-0.2, -0.15) is 0 Å². The van der Waals surface area contributed by atoms with Crippen molar-refractivity contribution < 1.29 is 0 Å². The fraction of sp³-hybridized carbons (Fsp3) is 0.769. The average Bonchev–Trinajstić information content (AvgIpc) is 2.89. The predicted octanol–water partition coefficient (Wildman–Crippen LogP) is 3.23. The highest BCUT2D eigenvalue weighted by Crippen LogP contribution is 2.30. The average molecular weight is 238 g/mol. The molecule has 16 heavy (non-hydrogen) atoms. The Kier molecular flexibility index (Phi) is 4.36. The molecule has 1 aromatic rings. The summed E-state index contributed by atoms with van der Waals surface area (Å²) in [7, 11) is 0. The Hall–Kier alpha value is -0.410. The van der Waals surface area contributed by atoms with Crippen LogP contribution in [0.4, 0.5) is 0 Å². The van der Waals surface area contributed by atoms with E-state index in [-0.39, 0.29) is 0 Å². The lowest BCUT2D eigenvalue weighted by Gasteiger charge is -2.15. The van der Waals surface area contributed by atoms with Gasteiger partial charge in [0.1, 0.15) is 0 Å². The molecule has 1 aromatic heterocycles. The molecular weight excluding hydrogens is 216 g/mol. The highest BCUT2D eigenvalue weighted by Gasteiger charge is 2.22. The van der Waals surface area contributed by atoms with Crippen LogP contribution in [-0.2, 0) is 13.0 Å². The summed E-state index contributed by atoms with van der Waals surface area (Å²) in [5.74, 6) is 1.80. The van der Waals surface area contributed by atoms with Crippen molar-refractivity contribution in [2.24, 2.45) is 11.8 Å². The van der Waals surface area contributed by atoms with E-state index >= 15 is 0 Å². The lowest BCUT2D eigenvalue weighted by molar-refractivity contribution is 0.391. The maximum absolute atomic E-state index is 4.57. The predicted molar refractivity (Wildman–Crippen MR) is 69.7 cm³/mol. The van der Waals surface area contributed by atoms with E-state index in [9.17, 15) is 0 Å². The minimum Gasteiger partial charge on any atom is -0.311 e. The van der Waals surface area contributed by atoms with E-state index in [0.717, 1.165) is 24.8 Å². The maximum atomic E-state index is 4.57. The first-order valence-electron chi connectivity index (χ1n) is 6.43. The molecule has 0 aromatic carbocycles. The number of rotatable bonds is 5. The lowest BCUT2D eigenvalue weighted by atomic mass is 9.98. The molecule has 90 valence electrons. The molecule has 1 heterocycles. The van der Waals surface area contributed by atoms with Crippen molar-refractivity contribution in [3.05, 3.63) is 16.1 Å². The van der Waals surface area contributed by atoms with Crippen molar-refractivity contribution in [2.75, 3.05) is 6.54 Å². The van der Waals surface area contributed by atoms with Gasteiger partial charge in [0.2, 0.25) is 0 Å². The zero-order valence-electron chi connectivity index (χ0n) is 10.3. The third kappa shape index (κ3) is 3.05. The van der Waals surface area contributed by atoms with Crippen LogP contribution in [0.15, 0.2) is 5.38 Å². The number of hydrogen-bond acceptors (Lipinski definition) is 3. The summed E-state index contributed by atoms with van der Waals surface area (Å²) >= 11 is 1.78. The van der Waals surface area contributed by atoms with E-state index in [2.05, 4.69) is 29.5 Å². The van der Waals surface area contributed by atoms with E-state index in [4.69, 9.17) is 0 Å². The van der Waals surface area contributed by atoms with Gasteiger partial charge in [-0.25, -0.2) is 4.98 Å². The summed E-state index contributed by atoms with van der Waals surface area (Å²) < 4.78 is 0. The SMILES string of the molecule is CCc1nc(CNCC2CCCC2C)cs1. The number of nitrogens with one attached hydrogen (secondary N) is 1. The van der Waals surface area contributed by atoms with Gasteiger partial charge < -0.3 is 5.32 Å². The van der Waals surface area contributed by atoms with Crippen molar-refractivity contribution in [1.82, 2.24) is 10.3 Å². The fourth-order valence-corrected chi connectivity index (χ4v) is 3.25. The number of thiazole rings is 1. The van der Waals surface area contributed by atoms with E-state index in [0.29, 0.717) is 0 Å². The van der Waals surface area contributed by atoms with Gasteiger partial charge >= 0.3 is 0 Å². The number of aryl methyl sites for hydroxylation is 1. The minimum absolute atomic E-state index is 0.893. The molecule has 0 amide bonds. The summed E-state index contributed by atoms with van der Waals surface area (Å²) in [6, 6.07) is 0. The van der Waals surface area contributed by atoms with Gasteiger partial charge in [0.25, 0.3) is 0 Å². The van der Waals surface area contributed by atoms with Gasteiger partial charge in [-0.1, -0.05) is 26.7 Å². The monoisotopic (exact) mass is 238 g/mol. The lowest BCUT2D eigenvalue weighted by Crippen LogP contribution is -2.24. The molecule has 1 N–H and O–H groups in total. The summed E-state index contributed by atoms with van der Waals surface area (Å²) in [5, 5.41) is 7.00. The van der Waals surface area contributed by atoms with Crippen LogP contribution in [0, 0.1) is 11.8 Å². The molecule has 2 unspecified atom stereocenters. The Bertz CT molecular complexity index is 321. The van der Waals surface area contributed by atoms with Crippen LogP contribution in [0.3, 0.4) is 0 Å². The van der Waals surface area contributed by atoms with Crippen molar-refractivity contribution in [3.63, 3.8) is 0 Å². The first-order valence-corrected chi connectivity index (χ1v) is 7.31. The van der Waals surface area contributed by atoms with E-state index in [1.807, 2.05) is 0 Å². The zero-order valence-corrected chi connectivity index (χ0v) is 11.1. The van der Waals surface area contributed by atoms with E-state index < -0.39 is 0 Å². The first-order chi connectivity index (χ1) is 7.79. The molecule has 1 aliphatic rings. The largest absolute Gasteiger partial charge is 0.311 e. The van der Waals surface area contributed by atoms with Crippen LogP contribution in [0.5, 0.6) is 0 Å². The van der Waals surface area contributed by atoms with Crippen LogP contribution in [0.1, 0.15) is 43.8 Å². The van der Waals surface area contributed by atoms with Gasteiger partial charge in [0.15, 0.2) is 0 Å². The maximum Gasteiger partial charge on any atom is 0.0926 e. The van der Waals surface area contributed by atoms with E-state index in [1.54, 1.807) is 11.3 Å². The molecule has 3 heteroatoms. The fourth-order valence-electron chi connectivity index (χ4n) is 2.50. The zero-order chi connectivity index (χ0) is 11.4. The first kappa shape index (κ1) is 12.1. The van der Waals surface area contributed by atoms with Crippen molar-refractivity contribution in [1.29, 1.82) is 0 Å². The second-order valence-corrected chi connectivity index (χ2v) is 5.83. The van der Waals surface area contributed by atoms with Crippen molar-refractivity contribution in [2.45, 2.75) is 46.1 Å². The molecule has 0 aliphatic heterocycles. The van der Waals surface area contributed by atoms with Gasteiger partial charge in [-0.05, 0) is 31.2 Å². The quantitative estimate of drug-likeness (QED) is 0.852. The normalized spacial score (nSPS) is 25.1. The summed E-state index contributed by atoms with van der Waals surface area (Å²) in [5.41, 5.74) is 1.22. The summed E-state index contributed by atoms with van der Waals surface area (Å²) in [6.07, 6.45) is 5.31. The molecule has 2 atom stereocenters. The Morgan fingerprint density at radius 1 is 1.50 bits per heavy atom. The number of aromatic nitrogens is 1. The molecule has 1 saturated carbocycles. The summed E-state index contributed by atoms with van der Waals surface area (Å²) in [6.45, 7) is 6.66. The molecule has 1 fully saturated rings. The molecule has 0 bridgehead atoms. The Morgan fingerprint density at radius 3 is 3.00 bits per heavy atom. The van der Waals surface area contributed by atoms with Crippen LogP contribution < -0.4 is 5.32 Å². The van der Waals surface area contributed by atoms with Gasteiger partial charge in [-0.15, -0.1) is 11.3 Å². The molecule has 0 radical (unpaired) electrons. The second-order valence-electron chi connectivity index (χ2n) is 4.89. The summed E-state index contributed by atoms with van der Waals surface area (Å²) in [4.78, 5) is 4.57. The highest BCUT2D eigenvalue weighted by molar-refractivity contribution is 7.09. The van der Waals surface area contributed by atoms with E-state index in [1.165, 1.54) is 36.5 Å². The molecule has 0 saturated heterocycles.